The molecule has 1 aromatic carbocycles. The summed E-state index contributed by atoms with van der Waals surface area (Å²) < 4.78 is 59.7. The molecule has 0 aliphatic heterocycles. The van der Waals surface area contributed by atoms with E-state index >= 15 is 0 Å². The van der Waals surface area contributed by atoms with Crippen LogP contribution < -0.4 is 0 Å². The molecule has 1 atom stereocenters. The van der Waals surface area contributed by atoms with Gasteiger partial charge in [-0.1, -0.05) is 24.3 Å². The second kappa shape index (κ2) is 3.56. The number of nitrogens with one attached hydrogen (secondary N) is 1. The number of sulfone groups is 1. The van der Waals surface area contributed by atoms with E-state index in [1.165, 1.54) is 12.1 Å². The normalized spacial score (nSPS) is 20.4. The molecule has 0 aromatic heterocycles. The molecule has 2 rings (SSSR count). The van der Waals surface area contributed by atoms with Gasteiger partial charge in [-0.15, -0.1) is 0 Å². The summed E-state index contributed by atoms with van der Waals surface area (Å²) in [6.45, 7) is 0. The van der Waals surface area contributed by atoms with Crippen LogP contribution in [0, 0.1) is 5.41 Å². The first-order chi connectivity index (χ1) is 7.75. The van der Waals surface area contributed by atoms with Gasteiger partial charge in [-0.05, 0) is 17.5 Å². The van der Waals surface area contributed by atoms with E-state index in [2.05, 4.69) is 0 Å². The fourth-order valence-corrected chi connectivity index (χ4v) is 3.02. The number of fused-ring (bicyclic) bond motifs is 1. The van der Waals surface area contributed by atoms with E-state index in [4.69, 9.17) is 5.41 Å². The minimum absolute atomic E-state index is 0.281. The summed E-state index contributed by atoms with van der Waals surface area (Å²) in [6.07, 6.45) is -0.281. The number of alkyl halides is 3. The maximum absolute atomic E-state index is 12.4. The molecule has 1 aliphatic rings. The van der Waals surface area contributed by atoms with Crippen molar-refractivity contribution < 1.29 is 21.6 Å². The van der Waals surface area contributed by atoms with Crippen molar-refractivity contribution in [1.29, 1.82) is 5.41 Å². The molecule has 0 saturated carbocycles. The zero-order chi connectivity index (χ0) is 12.8. The van der Waals surface area contributed by atoms with Crippen LogP contribution in [-0.2, 0) is 16.3 Å². The van der Waals surface area contributed by atoms with Crippen molar-refractivity contribution in [2.45, 2.75) is 17.2 Å². The predicted octanol–water partition coefficient (Wildman–Crippen LogP) is 1.91. The third kappa shape index (κ3) is 1.74. The molecule has 0 bridgehead atoms. The molecule has 0 spiro atoms. The highest BCUT2D eigenvalue weighted by molar-refractivity contribution is 7.93. The minimum atomic E-state index is -5.32. The predicted molar refractivity (Wildman–Crippen MR) is 55.7 cm³/mol. The highest BCUT2D eigenvalue weighted by Crippen LogP contribution is 2.34. The summed E-state index contributed by atoms with van der Waals surface area (Å²) in [6, 6.07) is 6.17. The first-order valence-electron chi connectivity index (χ1n) is 4.72. The number of benzene rings is 1. The van der Waals surface area contributed by atoms with Crippen molar-refractivity contribution in [3.63, 3.8) is 0 Å². The van der Waals surface area contributed by atoms with Crippen molar-refractivity contribution in [2.75, 3.05) is 0 Å². The Morgan fingerprint density at radius 3 is 2.35 bits per heavy atom. The van der Waals surface area contributed by atoms with E-state index in [9.17, 15) is 21.6 Å². The van der Waals surface area contributed by atoms with Crippen LogP contribution in [0.1, 0.15) is 11.1 Å². The molecule has 1 aliphatic carbocycles. The number of hydrogen-bond acceptors (Lipinski definition) is 3. The van der Waals surface area contributed by atoms with Crippen LogP contribution in [0.4, 0.5) is 13.2 Å². The summed E-state index contributed by atoms with van der Waals surface area (Å²) in [7, 11) is -5.32. The van der Waals surface area contributed by atoms with E-state index in [0.717, 1.165) is 0 Å². The van der Waals surface area contributed by atoms with E-state index in [1.54, 1.807) is 12.1 Å². The van der Waals surface area contributed by atoms with Gasteiger partial charge in [0.15, 0.2) is 0 Å². The average molecular weight is 263 g/mol. The van der Waals surface area contributed by atoms with Crippen molar-refractivity contribution in [3.8, 4) is 0 Å². The lowest BCUT2D eigenvalue weighted by Crippen LogP contribution is -2.37. The molecule has 92 valence electrons. The zero-order valence-electron chi connectivity index (χ0n) is 8.45. The van der Waals surface area contributed by atoms with Crippen LogP contribution >= 0.6 is 0 Å². The molecule has 1 unspecified atom stereocenters. The van der Waals surface area contributed by atoms with Gasteiger partial charge in [0.25, 0.3) is 9.84 Å². The topological polar surface area (TPSA) is 58.0 Å². The molecular weight excluding hydrogens is 255 g/mol. The van der Waals surface area contributed by atoms with Gasteiger partial charge in [-0.25, -0.2) is 8.42 Å². The summed E-state index contributed by atoms with van der Waals surface area (Å²) in [5, 5.41) is 5.74. The Bertz CT molecular complexity index is 577. The molecule has 1 N–H and O–H groups in total. The summed E-state index contributed by atoms with van der Waals surface area (Å²) in [5.41, 5.74) is -5.04. The Morgan fingerprint density at radius 1 is 1.24 bits per heavy atom. The lowest BCUT2D eigenvalue weighted by atomic mass is 10.1. The molecule has 3 nitrogen and oxygen atoms in total. The monoisotopic (exact) mass is 263 g/mol. The Hall–Kier alpha value is -1.37. The SMILES string of the molecule is N=C1c2ccccc2CC1S(=O)(=O)C(F)(F)F. The fraction of sp³-hybridized carbons (Fsp3) is 0.300. The maximum Gasteiger partial charge on any atom is 0.498 e. The second-order valence-corrected chi connectivity index (χ2v) is 5.88. The van der Waals surface area contributed by atoms with Gasteiger partial charge in [0.1, 0.15) is 5.25 Å². The van der Waals surface area contributed by atoms with Crippen molar-refractivity contribution in [1.82, 2.24) is 0 Å². The largest absolute Gasteiger partial charge is 0.498 e. The molecule has 0 fully saturated rings. The first kappa shape index (κ1) is 12.1. The highest BCUT2D eigenvalue weighted by Gasteiger charge is 2.53. The van der Waals surface area contributed by atoms with E-state index in [-0.39, 0.29) is 12.0 Å². The Kier molecular flexibility index (Phi) is 2.53. The third-order valence-electron chi connectivity index (χ3n) is 2.73. The van der Waals surface area contributed by atoms with Crippen LogP contribution in [0.5, 0.6) is 0 Å². The molecule has 0 heterocycles. The average Bonchev–Trinajstić information content (AvgIpc) is 2.56. The van der Waals surface area contributed by atoms with Crippen LogP contribution in [0.15, 0.2) is 24.3 Å². The lowest BCUT2D eigenvalue weighted by Gasteiger charge is -2.13. The fourth-order valence-electron chi connectivity index (χ4n) is 1.86. The molecule has 1 aromatic rings. The number of halogens is 3. The lowest BCUT2D eigenvalue weighted by molar-refractivity contribution is -0.0439. The zero-order valence-corrected chi connectivity index (χ0v) is 9.27. The Labute approximate surface area is 95.7 Å². The van der Waals surface area contributed by atoms with E-state index in [1.807, 2.05) is 0 Å². The van der Waals surface area contributed by atoms with Crippen LogP contribution in [0.2, 0.25) is 0 Å². The molecule has 0 amide bonds. The number of hydrogen-bond donors (Lipinski definition) is 1. The molecule has 17 heavy (non-hydrogen) atoms. The smallest absolute Gasteiger partial charge is 0.303 e. The van der Waals surface area contributed by atoms with Crippen molar-refractivity contribution >= 4 is 15.5 Å². The Balaban J connectivity index is 2.46. The van der Waals surface area contributed by atoms with Crippen molar-refractivity contribution in [3.05, 3.63) is 35.4 Å². The summed E-state index contributed by atoms with van der Waals surface area (Å²) in [5.74, 6) is 0. The number of rotatable bonds is 1. The molecule has 7 heteroatoms. The molecular formula is C10H8F3NO2S. The van der Waals surface area contributed by atoms with Gasteiger partial charge in [-0.2, -0.15) is 13.2 Å². The van der Waals surface area contributed by atoms with Crippen LogP contribution in [-0.4, -0.2) is 24.9 Å². The standard InChI is InChI=1S/C10H8F3NO2S/c11-10(12,13)17(15,16)8-5-6-3-1-2-4-7(6)9(8)14/h1-4,8,14H,5H2. The van der Waals surface area contributed by atoms with Gasteiger partial charge in [0.2, 0.25) is 0 Å². The maximum atomic E-state index is 12.4. The second-order valence-electron chi connectivity index (χ2n) is 3.75. The highest BCUT2D eigenvalue weighted by atomic mass is 32.2. The van der Waals surface area contributed by atoms with Crippen LogP contribution in [0.3, 0.4) is 0 Å². The molecule has 0 saturated heterocycles. The summed E-state index contributed by atoms with van der Waals surface area (Å²) in [4.78, 5) is 0. The third-order valence-corrected chi connectivity index (χ3v) is 4.53. The van der Waals surface area contributed by atoms with E-state index in [0.29, 0.717) is 5.56 Å². The minimum Gasteiger partial charge on any atom is -0.303 e. The van der Waals surface area contributed by atoms with Gasteiger partial charge in [-0.3, -0.25) is 0 Å². The summed E-state index contributed by atoms with van der Waals surface area (Å²) >= 11 is 0. The first-order valence-corrected chi connectivity index (χ1v) is 6.26. The van der Waals surface area contributed by atoms with Gasteiger partial charge in [0.05, 0.1) is 5.71 Å². The van der Waals surface area contributed by atoms with Crippen LogP contribution in [0.25, 0.3) is 0 Å². The van der Waals surface area contributed by atoms with E-state index < -0.39 is 26.3 Å². The van der Waals surface area contributed by atoms with Gasteiger partial charge >= 0.3 is 5.51 Å². The van der Waals surface area contributed by atoms with Crippen molar-refractivity contribution in [2.24, 2.45) is 0 Å². The quantitative estimate of drug-likeness (QED) is 0.841. The van der Waals surface area contributed by atoms with Gasteiger partial charge in [0, 0.05) is 0 Å². The van der Waals surface area contributed by atoms with Gasteiger partial charge < -0.3 is 5.41 Å². The Morgan fingerprint density at radius 2 is 1.82 bits per heavy atom. The molecule has 0 radical (unpaired) electrons.